The lowest BCUT2D eigenvalue weighted by molar-refractivity contribution is -0.147. The van der Waals surface area contributed by atoms with Gasteiger partial charge in [-0.25, -0.2) is 17.6 Å². The van der Waals surface area contributed by atoms with Crippen LogP contribution >= 0.6 is 43.5 Å². The summed E-state index contributed by atoms with van der Waals surface area (Å²) < 4.78 is 59.7. The van der Waals surface area contributed by atoms with Crippen LogP contribution in [-0.2, 0) is 16.1 Å². The van der Waals surface area contributed by atoms with E-state index in [1.807, 2.05) is 13.8 Å². The summed E-state index contributed by atoms with van der Waals surface area (Å²) >= 11 is 11.5. The van der Waals surface area contributed by atoms with Crippen molar-refractivity contribution in [1.29, 1.82) is 0 Å². The summed E-state index contributed by atoms with van der Waals surface area (Å²) in [5.74, 6) is -8.20. The summed E-state index contributed by atoms with van der Waals surface area (Å²) in [6.07, 6.45) is 1.76. The largest absolute Gasteiger partial charge is 0.460 e. The van der Waals surface area contributed by atoms with E-state index in [0.29, 0.717) is 3.39 Å². The number of hydrogen-bond acceptors (Lipinski definition) is 2. The van der Waals surface area contributed by atoms with Crippen LogP contribution in [0.3, 0.4) is 0 Å². The minimum Gasteiger partial charge on any atom is -0.460 e. The van der Waals surface area contributed by atoms with Crippen LogP contribution < -0.4 is 0 Å². The van der Waals surface area contributed by atoms with Gasteiger partial charge < -0.3 is 4.74 Å². The number of ether oxygens (including phenoxy) is 1. The summed E-state index contributed by atoms with van der Waals surface area (Å²) in [5, 5.41) is -1.28. The SMILES string of the molecule is CC1(C)[C@H](C(=O)OCc2c(F)c(F)c(Cl)c(F)c2F)[C@@H]1C=C(Br)Br. The highest BCUT2D eigenvalue weighted by atomic mass is 79.9. The van der Waals surface area contributed by atoms with E-state index in [-0.39, 0.29) is 5.92 Å². The van der Waals surface area contributed by atoms with E-state index in [2.05, 4.69) is 31.9 Å². The van der Waals surface area contributed by atoms with E-state index in [0.717, 1.165) is 0 Å². The highest BCUT2D eigenvalue weighted by molar-refractivity contribution is 9.28. The van der Waals surface area contributed by atoms with Crippen LogP contribution in [0.4, 0.5) is 17.6 Å². The summed E-state index contributed by atoms with van der Waals surface area (Å²) in [6.45, 7) is 2.72. The third-order valence-corrected chi connectivity index (χ3v) is 4.99. The van der Waals surface area contributed by atoms with Crippen molar-refractivity contribution in [2.75, 3.05) is 0 Å². The third kappa shape index (κ3) is 3.51. The van der Waals surface area contributed by atoms with Crippen LogP contribution in [0, 0.1) is 40.5 Å². The van der Waals surface area contributed by atoms with Gasteiger partial charge in [-0.2, -0.15) is 0 Å². The van der Waals surface area contributed by atoms with E-state index in [4.69, 9.17) is 16.3 Å². The Bertz CT molecular complexity index is 704. The number of carbonyl (C=O) groups excluding carboxylic acids is 1. The molecule has 0 bridgehead atoms. The zero-order valence-electron chi connectivity index (χ0n) is 12.4. The number of esters is 1. The van der Waals surface area contributed by atoms with Crippen molar-refractivity contribution < 1.29 is 27.1 Å². The zero-order chi connectivity index (χ0) is 18.4. The number of rotatable bonds is 4. The smallest absolute Gasteiger partial charge is 0.310 e. The second-order valence-corrected chi connectivity index (χ2v) is 9.09. The first kappa shape index (κ1) is 19.7. The molecule has 0 radical (unpaired) electrons. The molecule has 1 aromatic carbocycles. The molecule has 0 aromatic heterocycles. The average Bonchev–Trinajstić information content (AvgIpc) is 3.02. The Morgan fingerprint density at radius 3 is 2.12 bits per heavy atom. The number of hydrogen-bond donors (Lipinski definition) is 0. The number of halogens is 7. The maximum Gasteiger partial charge on any atom is 0.310 e. The van der Waals surface area contributed by atoms with Crippen LogP contribution in [0.25, 0.3) is 0 Å². The summed E-state index contributed by atoms with van der Waals surface area (Å²) in [7, 11) is 0. The van der Waals surface area contributed by atoms with Gasteiger partial charge in [0.15, 0.2) is 23.3 Å². The van der Waals surface area contributed by atoms with Crippen LogP contribution in [0.1, 0.15) is 19.4 Å². The number of allylic oxidation sites excluding steroid dienone is 1. The molecule has 24 heavy (non-hydrogen) atoms. The van der Waals surface area contributed by atoms with Gasteiger partial charge in [0.1, 0.15) is 11.6 Å². The monoisotopic (exact) mass is 492 g/mol. The molecule has 2 nitrogen and oxygen atoms in total. The molecular formula is C15H11Br2ClF4O2. The fourth-order valence-electron chi connectivity index (χ4n) is 2.58. The Morgan fingerprint density at radius 2 is 1.67 bits per heavy atom. The maximum absolute atomic E-state index is 13.7. The third-order valence-electron chi connectivity index (χ3n) is 4.13. The quantitative estimate of drug-likeness (QED) is 0.227. The molecule has 1 fully saturated rings. The first-order valence-electron chi connectivity index (χ1n) is 6.69. The zero-order valence-corrected chi connectivity index (χ0v) is 16.3. The van der Waals surface area contributed by atoms with E-state index < -0.39 is 57.8 Å². The Labute approximate surface area is 157 Å². The van der Waals surface area contributed by atoms with Gasteiger partial charge in [-0.05, 0) is 43.2 Å². The molecule has 9 heteroatoms. The molecule has 2 atom stereocenters. The summed E-state index contributed by atoms with van der Waals surface area (Å²) in [4.78, 5) is 12.1. The van der Waals surface area contributed by atoms with Crippen molar-refractivity contribution in [3.8, 4) is 0 Å². The standard InChI is InChI=1S/C15H11Br2ClF4O2/c1-15(2)6(3-7(16)17)8(15)14(23)24-4-5-10(19)12(21)9(18)13(22)11(5)20/h3,6,8H,4H2,1-2H3/t6-,8-/m0/s1. The predicted octanol–water partition coefficient (Wildman–Crippen LogP) is 5.84. The van der Waals surface area contributed by atoms with Crippen molar-refractivity contribution in [2.45, 2.75) is 20.5 Å². The van der Waals surface area contributed by atoms with Gasteiger partial charge in [0.25, 0.3) is 0 Å². The highest BCUT2D eigenvalue weighted by Crippen LogP contribution is 2.60. The first-order chi connectivity index (χ1) is 11.0. The summed E-state index contributed by atoms with van der Waals surface area (Å²) in [6, 6.07) is 0. The van der Waals surface area contributed by atoms with Crippen molar-refractivity contribution in [2.24, 2.45) is 17.3 Å². The van der Waals surface area contributed by atoms with Crippen LogP contribution in [-0.4, -0.2) is 5.97 Å². The minimum absolute atomic E-state index is 0.146. The van der Waals surface area contributed by atoms with E-state index in [9.17, 15) is 22.4 Å². The van der Waals surface area contributed by atoms with Gasteiger partial charge >= 0.3 is 5.97 Å². The Morgan fingerprint density at radius 1 is 1.17 bits per heavy atom. The minimum atomic E-state index is -1.72. The normalized spacial score (nSPS) is 21.4. The molecule has 2 rings (SSSR count). The van der Waals surface area contributed by atoms with E-state index in [1.54, 1.807) is 6.08 Å². The van der Waals surface area contributed by atoms with Crippen LogP contribution in [0.2, 0.25) is 5.02 Å². The van der Waals surface area contributed by atoms with Gasteiger partial charge in [0.05, 0.1) is 14.9 Å². The molecule has 1 aromatic rings. The number of benzene rings is 1. The fraction of sp³-hybridized carbons (Fsp3) is 0.400. The predicted molar refractivity (Wildman–Crippen MR) is 87.8 cm³/mol. The van der Waals surface area contributed by atoms with Crippen molar-refractivity contribution in [3.63, 3.8) is 0 Å². The molecule has 0 unspecified atom stereocenters. The molecule has 1 saturated carbocycles. The first-order valence-corrected chi connectivity index (χ1v) is 8.66. The van der Waals surface area contributed by atoms with Crippen LogP contribution in [0.15, 0.2) is 9.47 Å². The Hall–Kier alpha value is -0.600. The molecular weight excluding hydrogens is 483 g/mol. The van der Waals surface area contributed by atoms with E-state index >= 15 is 0 Å². The second kappa shape index (κ2) is 6.96. The van der Waals surface area contributed by atoms with Crippen molar-refractivity contribution in [1.82, 2.24) is 0 Å². The molecule has 1 aliphatic carbocycles. The van der Waals surface area contributed by atoms with Crippen molar-refractivity contribution in [3.05, 3.63) is 43.3 Å². The van der Waals surface area contributed by atoms with Gasteiger partial charge in [-0.15, -0.1) is 0 Å². The molecule has 0 saturated heterocycles. The molecule has 0 aliphatic heterocycles. The van der Waals surface area contributed by atoms with Crippen LogP contribution in [0.5, 0.6) is 0 Å². The highest BCUT2D eigenvalue weighted by Gasteiger charge is 2.61. The second-order valence-electron chi connectivity index (χ2n) is 5.94. The van der Waals surface area contributed by atoms with Gasteiger partial charge in [0, 0.05) is 0 Å². The molecule has 0 heterocycles. The van der Waals surface area contributed by atoms with Crippen molar-refractivity contribution >= 4 is 49.4 Å². The number of carbonyl (C=O) groups is 1. The lowest BCUT2D eigenvalue weighted by Gasteiger charge is -2.10. The Balaban J connectivity index is 2.16. The average molecular weight is 495 g/mol. The molecule has 0 amide bonds. The maximum atomic E-state index is 13.7. The molecule has 132 valence electrons. The Kier molecular flexibility index (Phi) is 5.72. The summed E-state index contributed by atoms with van der Waals surface area (Å²) in [5.41, 5.74) is -1.42. The molecule has 0 spiro atoms. The molecule has 1 aliphatic rings. The van der Waals surface area contributed by atoms with Gasteiger partial charge in [-0.1, -0.05) is 31.5 Å². The lowest BCUT2D eigenvalue weighted by Crippen LogP contribution is -2.13. The van der Waals surface area contributed by atoms with Gasteiger partial charge in [-0.3, -0.25) is 4.79 Å². The molecule has 0 N–H and O–H groups in total. The lowest BCUT2D eigenvalue weighted by atomic mass is 10.1. The topological polar surface area (TPSA) is 26.3 Å². The van der Waals surface area contributed by atoms with Gasteiger partial charge in [0.2, 0.25) is 0 Å². The fourth-order valence-corrected chi connectivity index (χ4v) is 3.32. The van der Waals surface area contributed by atoms with E-state index in [1.165, 1.54) is 0 Å².